The first-order chi connectivity index (χ1) is 33.6. The standard InChI is InChI=1S/C53H33N7O.Pt/c1-30-24-35(33-12-5-4-6-13-33)25-31(2)49(30)34-22-23-54-48(26-34)58-44-17-9-7-14-38(44)39-21-20-36(29-47(39)58)61-37-27-40-32(3)55-53-57-43-16-11-19-46-51(43)60(53)50(40)41(28-37)52-56-42-15-8-10-18-45(42)59(46)52;/h4-27H,1-3H3;/q-2;+2/i1D3,2D3,3D3;. The number of aromatic nitrogens is 7. The Morgan fingerprint density at radius 2 is 1.35 bits per heavy atom. The van der Waals surface area contributed by atoms with Crippen LogP contribution in [0.3, 0.4) is 0 Å². The van der Waals surface area contributed by atoms with Gasteiger partial charge in [0.05, 0.1) is 33.2 Å². The van der Waals surface area contributed by atoms with Gasteiger partial charge < -0.3 is 18.1 Å². The van der Waals surface area contributed by atoms with Gasteiger partial charge in [-0.25, -0.2) is 15.0 Å². The van der Waals surface area contributed by atoms with Crippen LogP contribution in [-0.4, -0.2) is 33.3 Å². The molecule has 0 saturated carbocycles. The minimum atomic E-state index is -2.68. The van der Waals surface area contributed by atoms with E-state index in [0.29, 0.717) is 55.5 Å². The third-order valence-corrected chi connectivity index (χ3v) is 11.7. The molecule has 7 aromatic carbocycles. The zero-order valence-corrected chi connectivity index (χ0v) is 34.5. The Bertz CT molecular complexity index is 4280. The molecule has 8 nitrogen and oxygen atoms in total. The van der Waals surface area contributed by atoms with Gasteiger partial charge in [-0.05, 0) is 107 Å². The molecular weight excluding hydrogens is 946 g/mol. The van der Waals surface area contributed by atoms with Crippen molar-refractivity contribution in [2.75, 3.05) is 0 Å². The number of pyridine rings is 1. The Morgan fingerprint density at radius 1 is 0.565 bits per heavy atom. The van der Waals surface area contributed by atoms with Crippen LogP contribution in [0.2, 0.25) is 0 Å². The van der Waals surface area contributed by atoms with Crippen molar-refractivity contribution in [2.24, 2.45) is 0 Å². The molecule has 13 aromatic rings. The molecular formula is C53H33N7OPt. The van der Waals surface area contributed by atoms with E-state index in [0.717, 1.165) is 38.4 Å². The molecule has 0 N–H and O–H groups in total. The minimum absolute atomic E-state index is 0. The largest absolute Gasteiger partial charge is 2.00 e. The molecule has 0 unspecified atom stereocenters. The van der Waals surface area contributed by atoms with Gasteiger partial charge in [-0.15, -0.1) is 17.5 Å². The van der Waals surface area contributed by atoms with E-state index in [9.17, 15) is 0 Å². The van der Waals surface area contributed by atoms with Crippen molar-refractivity contribution in [1.82, 2.24) is 33.3 Å². The van der Waals surface area contributed by atoms with Crippen molar-refractivity contribution in [2.45, 2.75) is 20.6 Å². The maximum Gasteiger partial charge on any atom is 2.00 e. The number of para-hydroxylation sites is 4. The van der Waals surface area contributed by atoms with Crippen molar-refractivity contribution < 1.29 is 38.1 Å². The van der Waals surface area contributed by atoms with Crippen LogP contribution in [0.1, 0.15) is 29.2 Å². The maximum atomic E-state index is 8.67. The molecule has 0 fully saturated rings. The summed E-state index contributed by atoms with van der Waals surface area (Å²) in [7, 11) is 0. The molecule has 62 heavy (non-hydrogen) atoms. The van der Waals surface area contributed by atoms with Gasteiger partial charge in [0, 0.05) is 41.2 Å². The molecule has 0 amide bonds. The predicted octanol–water partition coefficient (Wildman–Crippen LogP) is 12.6. The van der Waals surface area contributed by atoms with Gasteiger partial charge in [-0.1, -0.05) is 107 Å². The van der Waals surface area contributed by atoms with E-state index in [2.05, 4.69) is 17.1 Å². The molecule has 0 aliphatic rings. The first-order valence-electron chi connectivity index (χ1n) is 24.1. The summed E-state index contributed by atoms with van der Waals surface area (Å²) in [5.41, 5.74) is 7.35. The van der Waals surface area contributed by atoms with Gasteiger partial charge in [0.25, 0.3) is 0 Å². The number of benzene rings is 7. The number of hydrogen-bond acceptors (Lipinski definition) is 5. The Balaban J connectivity index is 0.00000517. The quantitative estimate of drug-likeness (QED) is 0.161. The number of fused-ring (bicyclic) bond motifs is 8. The van der Waals surface area contributed by atoms with E-state index in [1.807, 2.05) is 116 Å². The zero-order valence-electron chi connectivity index (χ0n) is 41.2. The maximum absolute atomic E-state index is 8.67. The summed E-state index contributed by atoms with van der Waals surface area (Å²) in [4.78, 5) is 19.4. The van der Waals surface area contributed by atoms with E-state index in [1.54, 1.807) is 36.4 Å². The fraction of sp³-hybridized carbons (Fsp3) is 0.0566. The van der Waals surface area contributed by atoms with Crippen molar-refractivity contribution in [3.05, 3.63) is 175 Å². The minimum Gasteiger partial charge on any atom is -0.503 e. The number of ether oxygens (including phenoxy) is 1. The summed E-state index contributed by atoms with van der Waals surface area (Å²) in [5, 5.41) is 2.46. The Labute approximate surface area is 382 Å². The fourth-order valence-electron chi connectivity index (χ4n) is 9.08. The van der Waals surface area contributed by atoms with Gasteiger partial charge in [-0.2, -0.15) is 6.07 Å². The fourth-order valence-corrected chi connectivity index (χ4v) is 9.08. The molecule has 0 radical (unpaired) electrons. The summed E-state index contributed by atoms with van der Waals surface area (Å²) in [5.74, 6) is 1.05. The summed E-state index contributed by atoms with van der Waals surface area (Å²) >= 11 is 0. The predicted molar refractivity (Wildman–Crippen MR) is 244 cm³/mol. The number of imidazole rings is 2. The molecule has 6 aromatic heterocycles. The summed E-state index contributed by atoms with van der Waals surface area (Å²) < 4.78 is 90.4. The van der Waals surface area contributed by atoms with Crippen LogP contribution >= 0.6 is 0 Å². The van der Waals surface area contributed by atoms with Crippen LogP contribution < -0.4 is 4.74 Å². The summed E-state index contributed by atoms with van der Waals surface area (Å²) in [6, 6.07) is 49.0. The molecule has 0 bridgehead atoms. The average Bonchev–Trinajstić information content (AvgIpc) is 4.00. The molecule has 13 rings (SSSR count). The monoisotopic (exact) mass is 987 g/mol. The molecule has 0 aliphatic carbocycles. The van der Waals surface area contributed by atoms with E-state index in [-0.39, 0.29) is 60.7 Å². The van der Waals surface area contributed by atoms with Gasteiger partial charge in [0.15, 0.2) is 0 Å². The molecule has 0 aliphatic heterocycles. The second-order valence-electron chi connectivity index (χ2n) is 15.1. The normalized spacial score (nSPS) is 14.7. The van der Waals surface area contributed by atoms with E-state index >= 15 is 0 Å². The van der Waals surface area contributed by atoms with Crippen molar-refractivity contribution >= 4 is 77.1 Å². The second-order valence-corrected chi connectivity index (χ2v) is 15.1. The van der Waals surface area contributed by atoms with E-state index in [1.165, 1.54) is 6.20 Å². The number of aryl methyl sites for hydroxylation is 3. The van der Waals surface area contributed by atoms with Crippen molar-refractivity contribution in [3.63, 3.8) is 0 Å². The Kier molecular flexibility index (Phi) is 6.16. The average molecular weight is 988 g/mol. The van der Waals surface area contributed by atoms with Gasteiger partial charge in [0.1, 0.15) is 5.82 Å². The van der Waals surface area contributed by atoms with Crippen LogP contribution in [-0.2, 0) is 21.1 Å². The number of hydrogen-bond donors (Lipinski definition) is 0. The van der Waals surface area contributed by atoms with Gasteiger partial charge in [0.2, 0.25) is 5.78 Å². The third-order valence-electron chi connectivity index (χ3n) is 11.7. The van der Waals surface area contributed by atoms with Crippen LogP contribution in [0.5, 0.6) is 11.5 Å². The number of nitrogens with zero attached hydrogens (tertiary/aromatic N) is 7. The third kappa shape index (κ3) is 5.23. The molecule has 6 heterocycles. The van der Waals surface area contributed by atoms with E-state index < -0.39 is 20.6 Å². The molecule has 296 valence electrons. The van der Waals surface area contributed by atoms with Gasteiger partial charge in [-0.3, -0.25) is 4.98 Å². The Hall–Kier alpha value is -7.41. The van der Waals surface area contributed by atoms with Crippen LogP contribution in [0.25, 0.3) is 105 Å². The second kappa shape index (κ2) is 13.5. The molecule has 9 heteroatoms. The smallest absolute Gasteiger partial charge is 0.503 e. The number of rotatable bonds is 5. The molecule has 0 spiro atoms. The van der Waals surface area contributed by atoms with E-state index in [4.69, 9.17) is 32.0 Å². The summed E-state index contributed by atoms with van der Waals surface area (Å²) in [6.07, 6.45) is 1.54. The van der Waals surface area contributed by atoms with Crippen LogP contribution in [0.4, 0.5) is 0 Å². The summed E-state index contributed by atoms with van der Waals surface area (Å²) in [6.45, 7) is -8.00. The SMILES string of the molecule is [2H]C([2H])([2H])c1cc(-c2ccccc2)cc(C([2H])([2H])[2H])c1-c1ccnc(-n2c3[c-]c(Oc4[c-]c5c6nc7ccccc7n6c6cccc7nc8nc(C([2H])([2H])[2H])c(c4)c5n8c76)ccc3c3ccccc32)c1.[Pt+2]. The molecule has 0 saturated heterocycles. The molecule has 0 atom stereocenters. The van der Waals surface area contributed by atoms with Gasteiger partial charge >= 0.3 is 21.1 Å². The topological polar surface area (TPSA) is 74.5 Å². The zero-order chi connectivity index (χ0) is 48.0. The van der Waals surface area contributed by atoms with Crippen LogP contribution in [0, 0.1) is 32.7 Å². The van der Waals surface area contributed by atoms with Crippen LogP contribution in [0.15, 0.2) is 146 Å². The van der Waals surface area contributed by atoms with Crippen molar-refractivity contribution in [1.29, 1.82) is 0 Å². The first-order valence-corrected chi connectivity index (χ1v) is 19.6. The first kappa shape index (κ1) is 28.2. The van der Waals surface area contributed by atoms with Crippen molar-refractivity contribution in [3.8, 4) is 39.6 Å². The Morgan fingerprint density at radius 3 is 2.21 bits per heavy atom.